The molecule has 0 N–H and O–H groups in total. The summed E-state index contributed by atoms with van der Waals surface area (Å²) in [7, 11) is 1.17. The molecule has 424 valence electrons. The van der Waals surface area contributed by atoms with Crippen LogP contribution < -0.4 is 4.89 Å². The number of allylic oxidation sites excluding steroid dienone is 12. The van der Waals surface area contributed by atoms with Crippen molar-refractivity contribution in [2.75, 3.05) is 47.5 Å². The molecule has 0 saturated heterocycles. The van der Waals surface area contributed by atoms with Crippen molar-refractivity contribution in [2.45, 2.75) is 270 Å². The molecule has 10 heteroatoms. The highest BCUT2D eigenvalue weighted by atomic mass is 31.2. The Bertz CT molecular complexity index is 1460. The van der Waals surface area contributed by atoms with E-state index < -0.39 is 26.5 Å². The number of carbonyl (C=O) groups is 2. The van der Waals surface area contributed by atoms with Crippen LogP contribution in [-0.4, -0.2) is 70.0 Å². The van der Waals surface area contributed by atoms with Gasteiger partial charge in [-0.3, -0.25) is 14.2 Å². The monoisotopic (exact) mass is 1040 g/mol. The molecule has 0 rings (SSSR count). The van der Waals surface area contributed by atoms with E-state index in [0.717, 1.165) is 77.0 Å². The summed E-state index contributed by atoms with van der Waals surface area (Å²) in [6.45, 7) is 4.15. The SMILES string of the molecule is CC/C=C\C/C=C\C/C=C\C/C=C\C/C=C\C/C=C\CCCCCCCCCCCCCCCCC(=O)OC(COC(=O)CCCCCCCCCCCCCCCCCC)COP(=O)([O-])OCC[N+](C)(C)C. The molecular weight excluding hydrogens is 930 g/mol. The highest BCUT2D eigenvalue weighted by Gasteiger charge is 2.22. The van der Waals surface area contributed by atoms with Gasteiger partial charge in [-0.2, -0.15) is 0 Å². The van der Waals surface area contributed by atoms with Crippen molar-refractivity contribution in [3.63, 3.8) is 0 Å². The minimum atomic E-state index is -4.64. The zero-order chi connectivity index (χ0) is 53.5. The van der Waals surface area contributed by atoms with Crippen LogP contribution in [-0.2, 0) is 32.7 Å². The van der Waals surface area contributed by atoms with Gasteiger partial charge in [0.05, 0.1) is 27.7 Å². The third kappa shape index (κ3) is 58.6. The molecule has 0 radical (unpaired) electrons. The Morgan fingerprint density at radius 3 is 1.16 bits per heavy atom. The lowest BCUT2D eigenvalue weighted by atomic mass is 10.0. The molecule has 0 aromatic rings. The molecule has 0 amide bonds. The molecule has 0 aromatic carbocycles. The Morgan fingerprint density at radius 2 is 0.781 bits per heavy atom. The minimum absolute atomic E-state index is 0.0310. The first-order valence-electron chi connectivity index (χ1n) is 30.1. The molecule has 0 saturated carbocycles. The normalized spacial score (nSPS) is 13.8. The van der Waals surface area contributed by atoms with Gasteiger partial charge in [-0.15, -0.1) is 0 Å². The van der Waals surface area contributed by atoms with Crippen LogP contribution in [0.25, 0.3) is 0 Å². The maximum Gasteiger partial charge on any atom is 0.306 e. The number of quaternary nitrogens is 1. The summed E-state index contributed by atoms with van der Waals surface area (Å²) in [4.78, 5) is 37.9. The molecule has 73 heavy (non-hydrogen) atoms. The molecule has 0 fully saturated rings. The van der Waals surface area contributed by atoms with Crippen LogP contribution in [0.1, 0.15) is 264 Å². The number of carbonyl (C=O) groups excluding carboxylic acids is 2. The largest absolute Gasteiger partial charge is 0.756 e. The second kappa shape index (κ2) is 54.2. The second-order valence-electron chi connectivity index (χ2n) is 21.3. The summed E-state index contributed by atoms with van der Waals surface area (Å²) in [5, 5.41) is 0. The van der Waals surface area contributed by atoms with E-state index in [-0.39, 0.29) is 32.0 Å². The van der Waals surface area contributed by atoms with Crippen LogP contribution in [0.15, 0.2) is 72.9 Å². The molecule has 0 aromatic heterocycles. The minimum Gasteiger partial charge on any atom is -0.756 e. The summed E-state index contributed by atoms with van der Waals surface area (Å²) in [6, 6.07) is 0. The first kappa shape index (κ1) is 70.5. The predicted octanol–water partition coefficient (Wildman–Crippen LogP) is 18.2. The van der Waals surface area contributed by atoms with Crippen molar-refractivity contribution in [1.29, 1.82) is 0 Å². The zero-order valence-corrected chi connectivity index (χ0v) is 49.0. The zero-order valence-electron chi connectivity index (χ0n) is 48.1. The van der Waals surface area contributed by atoms with E-state index in [1.54, 1.807) is 0 Å². The number of rotatable bonds is 55. The quantitative estimate of drug-likeness (QED) is 0.0195. The van der Waals surface area contributed by atoms with Gasteiger partial charge in [0.25, 0.3) is 7.82 Å². The number of nitrogens with zero attached hydrogens (tertiary/aromatic N) is 1. The topological polar surface area (TPSA) is 111 Å². The number of likely N-dealkylation sites (N-methyl/N-ethyl adjacent to an activating group) is 1. The number of esters is 2. The maximum absolute atomic E-state index is 12.8. The van der Waals surface area contributed by atoms with E-state index in [1.165, 1.54) is 154 Å². The molecular formula is C63H114NO8P. The fourth-order valence-corrected chi connectivity index (χ4v) is 9.10. The molecule has 0 spiro atoms. The summed E-state index contributed by atoms with van der Waals surface area (Å²) in [6.07, 6.45) is 70.9. The van der Waals surface area contributed by atoms with Gasteiger partial charge < -0.3 is 27.9 Å². The molecule has 2 atom stereocenters. The third-order valence-electron chi connectivity index (χ3n) is 13.0. The van der Waals surface area contributed by atoms with Gasteiger partial charge in [0, 0.05) is 12.8 Å². The van der Waals surface area contributed by atoms with E-state index in [9.17, 15) is 19.0 Å². The lowest BCUT2D eigenvalue weighted by molar-refractivity contribution is -0.870. The highest BCUT2D eigenvalue weighted by Crippen LogP contribution is 2.38. The van der Waals surface area contributed by atoms with Gasteiger partial charge in [-0.1, -0.05) is 260 Å². The van der Waals surface area contributed by atoms with Gasteiger partial charge in [0.1, 0.15) is 19.8 Å². The first-order valence-corrected chi connectivity index (χ1v) is 31.6. The number of phosphoric acid groups is 1. The molecule has 0 aliphatic rings. The summed E-state index contributed by atoms with van der Waals surface area (Å²) in [5.74, 6) is -0.825. The van der Waals surface area contributed by atoms with E-state index in [1.807, 2.05) is 21.1 Å². The van der Waals surface area contributed by atoms with Crippen molar-refractivity contribution in [3.05, 3.63) is 72.9 Å². The van der Waals surface area contributed by atoms with Gasteiger partial charge in [0.2, 0.25) is 0 Å². The van der Waals surface area contributed by atoms with Gasteiger partial charge in [0.15, 0.2) is 6.10 Å². The Labute approximate surface area is 450 Å². The Morgan fingerprint density at radius 1 is 0.438 bits per heavy atom. The molecule has 2 unspecified atom stereocenters. The number of hydrogen-bond donors (Lipinski definition) is 0. The lowest BCUT2D eigenvalue weighted by Crippen LogP contribution is -2.37. The van der Waals surface area contributed by atoms with Crippen molar-refractivity contribution in [3.8, 4) is 0 Å². The Balaban J connectivity index is 4.07. The van der Waals surface area contributed by atoms with Crippen molar-refractivity contribution in [1.82, 2.24) is 0 Å². The van der Waals surface area contributed by atoms with Crippen LogP contribution in [0, 0.1) is 0 Å². The highest BCUT2D eigenvalue weighted by molar-refractivity contribution is 7.45. The second-order valence-corrected chi connectivity index (χ2v) is 22.8. The van der Waals surface area contributed by atoms with Crippen LogP contribution in [0.3, 0.4) is 0 Å². The first-order chi connectivity index (χ1) is 35.5. The van der Waals surface area contributed by atoms with Crippen molar-refractivity contribution >= 4 is 19.8 Å². The van der Waals surface area contributed by atoms with Crippen LogP contribution in [0.2, 0.25) is 0 Å². The van der Waals surface area contributed by atoms with Crippen molar-refractivity contribution < 1.29 is 42.1 Å². The van der Waals surface area contributed by atoms with Crippen molar-refractivity contribution in [2.24, 2.45) is 0 Å². The smallest absolute Gasteiger partial charge is 0.306 e. The fourth-order valence-electron chi connectivity index (χ4n) is 8.37. The van der Waals surface area contributed by atoms with Gasteiger partial charge >= 0.3 is 11.9 Å². The van der Waals surface area contributed by atoms with E-state index in [4.69, 9.17) is 18.5 Å². The number of hydrogen-bond acceptors (Lipinski definition) is 8. The average molecular weight is 1040 g/mol. The number of phosphoric ester groups is 1. The van der Waals surface area contributed by atoms with E-state index in [2.05, 4.69) is 86.8 Å². The van der Waals surface area contributed by atoms with E-state index >= 15 is 0 Å². The fraction of sp³-hybridized carbons (Fsp3) is 0.778. The van der Waals surface area contributed by atoms with Gasteiger partial charge in [-0.05, 0) is 64.2 Å². The van der Waals surface area contributed by atoms with Crippen LogP contribution >= 0.6 is 7.82 Å². The van der Waals surface area contributed by atoms with Gasteiger partial charge in [-0.25, -0.2) is 0 Å². The van der Waals surface area contributed by atoms with Crippen LogP contribution in [0.4, 0.5) is 0 Å². The molecule has 0 aliphatic heterocycles. The predicted molar refractivity (Wildman–Crippen MR) is 309 cm³/mol. The average Bonchev–Trinajstić information content (AvgIpc) is 3.35. The molecule has 0 bridgehead atoms. The summed E-state index contributed by atoms with van der Waals surface area (Å²) < 4.78 is 34.2. The standard InChI is InChI=1S/C63H114NO8P/c1-6-8-10-12-14-16-18-20-22-24-25-26-27-28-29-30-31-32-33-34-35-36-37-38-39-40-42-44-46-48-50-52-54-56-63(66)72-61(60-71-73(67,68)70-58-57-64(3,4)5)59-69-62(65)55-53-51-49-47-45-43-41-23-21-19-17-15-13-11-9-7-2/h8,10,14,16,20,22,25-26,28-29,31-32,61H,6-7,9,11-13,15,17-19,21,23-24,27,30,33-60H2,1-5H3/b10-8-,16-14-,22-20-,26-25-,29-28-,32-31-. The molecule has 0 heterocycles. The Kier molecular flexibility index (Phi) is 52.4. The third-order valence-corrected chi connectivity index (χ3v) is 14.0. The Hall–Kier alpha value is -2.55. The number of ether oxygens (including phenoxy) is 2. The number of unbranched alkanes of at least 4 members (excludes halogenated alkanes) is 29. The maximum atomic E-state index is 12.8. The van der Waals surface area contributed by atoms with E-state index in [0.29, 0.717) is 17.4 Å². The lowest BCUT2D eigenvalue weighted by Gasteiger charge is -2.28. The summed E-state index contributed by atoms with van der Waals surface area (Å²) >= 11 is 0. The molecule has 9 nitrogen and oxygen atoms in total. The summed E-state index contributed by atoms with van der Waals surface area (Å²) in [5.41, 5.74) is 0. The molecule has 0 aliphatic carbocycles. The van der Waals surface area contributed by atoms with Crippen LogP contribution in [0.5, 0.6) is 0 Å².